The second-order valence-electron chi connectivity index (χ2n) is 8.77. The molecule has 2 rings (SSSR count). The van der Waals surface area contributed by atoms with Crippen LogP contribution in [0, 0.1) is 11.3 Å². The van der Waals surface area contributed by atoms with Gasteiger partial charge in [0.15, 0.2) is 0 Å². The van der Waals surface area contributed by atoms with Gasteiger partial charge in [-0.2, -0.15) is 13.1 Å². The summed E-state index contributed by atoms with van der Waals surface area (Å²) in [7, 11) is 0.0976. The van der Waals surface area contributed by atoms with Crippen LogP contribution >= 0.6 is 11.6 Å². The summed E-state index contributed by atoms with van der Waals surface area (Å²) in [5.41, 5.74) is -0.0807. The molecule has 1 fully saturated rings. The number of benzene rings is 1. The van der Waals surface area contributed by atoms with E-state index in [0.717, 1.165) is 18.7 Å². The van der Waals surface area contributed by atoms with Crippen LogP contribution in [0.2, 0.25) is 5.02 Å². The van der Waals surface area contributed by atoms with Crippen molar-refractivity contribution >= 4 is 27.5 Å². The quantitative estimate of drug-likeness (QED) is 0.586. The van der Waals surface area contributed by atoms with E-state index in [-0.39, 0.29) is 46.0 Å². The molecule has 1 aromatic rings. The van der Waals surface area contributed by atoms with Gasteiger partial charge in [0.1, 0.15) is 5.75 Å². The van der Waals surface area contributed by atoms with Gasteiger partial charge in [0.2, 0.25) is 15.9 Å². The number of rotatable bonds is 9. The Hall–Kier alpha value is -1.49. The number of ether oxygens (including phenoxy) is 1. The molecule has 0 unspecified atom stereocenters. The van der Waals surface area contributed by atoms with Crippen molar-refractivity contribution in [2.75, 3.05) is 40.3 Å². The van der Waals surface area contributed by atoms with Crippen LogP contribution in [0.5, 0.6) is 5.75 Å². The maximum absolute atomic E-state index is 12.9. The Morgan fingerprint density at radius 2 is 1.94 bits per heavy atom. The molecule has 0 atom stereocenters. The fourth-order valence-corrected chi connectivity index (χ4v) is 5.51. The molecule has 7 nitrogen and oxygen atoms in total. The maximum atomic E-state index is 12.9. The SMILES string of the molecule is CN(C)CC(C)(C)CNC(=O)C1CCN(S(=O)(=O)c2ccc(OC(F)F)c(Cl)c2)CC1. The van der Waals surface area contributed by atoms with Gasteiger partial charge in [-0.05, 0) is 50.6 Å². The molecule has 1 N–H and O–H groups in total. The zero-order valence-electron chi connectivity index (χ0n) is 18.2. The molecule has 1 amide bonds. The summed E-state index contributed by atoms with van der Waals surface area (Å²) in [6.45, 7) is 2.83. The van der Waals surface area contributed by atoms with Crippen molar-refractivity contribution < 1.29 is 26.7 Å². The average Bonchev–Trinajstić information content (AvgIpc) is 2.66. The van der Waals surface area contributed by atoms with Crippen molar-refractivity contribution in [2.24, 2.45) is 11.3 Å². The topological polar surface area (TPSA) is 79.0 Å². The standard InChI is InChI=1S/C20H30ClF2N3O4S/c1-20(2,13-25(3)4)12-24-18(27)14-7-9-26(10-8-14)31(28,29)15-5-6-17(16(21)11-15)30-19(22)23/h5-6,11,14,19H,7-10,12-13H2,1-4H3,(H,24,27). The summed E-state index contributed by atoms with van der Waals surface area (Å²) in [5, 5.41) is 2.77. The van der Waals surface area contributed by atoms with E-state index in [1.165, 1.54) is 10.4 Å². The minimum atomic E-state index is -3.86. The smallest absolute Gasteiger partial charge is 0.387 e. The minimum Gasteiger partial charge on any atom is -0.433 e. The lowest BCUT2D eigenvalue weighted by atomic mass is 9.91. The lowest BCUT2D eigenvalue weighted by Gasteiger charge is -2.32. The van der Waals surface area contributed by atoms with Crippen LogP contribution < -0.4 is 10.1 Å². The van der Waals surface area contributed by atoms with Crippen molar-refractivity contribution in [3.63, 3.8) is 0 Å². The number of nitrogens with zero attached hydrogens (tertiary/aromatic N) is 2. The fraction of sp³-hybridized carbons (Fsp3) is 0.650. The van der Waals surface area contributed by atoms with Gasteiger partial charge in [-0.15, -0.1) is 0 Å². The number of alkyl halides is 2. The maximum Gasteiger partial charge on any atom is 0.387 e. The van der Waals surface area contributed by atoms with Gasteiger partial charge in [0.25, 0.3) is 0 Å². The number of hydrogen-bond donors (Lipinski definition) is 1. The Morgan fingerprint density at radius 1 is 1.32 bits per heavy atom. The summed E-state index contributed by atoms with van der Waals surface area (Å²) in [6, 6.07) is 3.39. The van der Waals surface area contributed by atoms with Crippen LogP contribution in [0.1, 0.15) is 26.7 Å². The summed E-state index contributed by atoms with van der Waals surface area (Å²) in [5.74, 6) is -0.615. The molecule has 1 heterocycles. The van der Waals surface area contributed by atoms with Gasteiger partial charge in [0, 0.05) is 32.1 Å². The molecule has 176 valence electrons. The molecule has 1 saturated heterocycles. The Kier molecular flexibility index (Phi) is 8.66. The summed E-state index contributed by atoms with van der Waals surface area (Å²) in [4.78, 5) is 14.5. The van der Waals surface area contributed by atoms with Crippen LogP contribution in [0.3, 0.4) is 0 Å². The highest BCUT2D eigenvalue weighted by atomic mass is 35.5. The largest absolute Gasteiger partial charge is 0.433 e. The normalized spacial score (nSPS) is 16.7. The highest BCUT2D eigenvalue weighted by Gasteiger charge is 2.33. The summed E-state index contributed by atoms with van der Waals surface area (Å²) >= 11 is 5.89. The predicted octanol–water partition coefficient (Wildman–Crippen LogP) is 3.05. The third-order valence-electron chi connectivity index (χ3n) is 5.07. The molecule has 11 heteroatoms. The van der Waals surface area contributed by atoms with E-state index in [9.17, 15) is 22.0 Å². The summed E-state index contributed by atoms with van der Waals surface area (Å²) in [6.07, 6.45) is 0.805. The second kappa shape index (κ2) is 10.4. The van der Waals surface area contributed by atoms with Gasteiger partial charge >= 0.3 is 6.61 Å². The van der Waals surface area contributed by atoms with E-state index in [1.807, 2.05) is 14.1 Å². The average molecular weight is 482 g/mol. The van der Waals surface area contributed by atoms with Gasteiger partial charge in [0.05, 0.1) is 9.92 Å². The highest BCUT2D eigenvalue weighted by molar-refractivity contribution is 7.89. The zero-order valence-corrected chi connectivity index (χ0v) is 19.8. The number of nitrogens with one attached hydrogen (secondary N) is 1. The van der Waals surface area contributed by atoms with Gasteiger partial charge in [-0.3, -0.25) is 4.79 Å². The first-order chi connectivity index (χ1) is 14.3. The predicted molar refractivity (Wildman–Crippen MR) is 115 cm³/mol. The van der Waals surface area contributed by atoms with Crippen LogP contribution in [0.15, 0.2) is 23.1 Å². The highest BCUT2D eigenvalue weighted by Crippen LogP contribution is 2.31. The number of halogens is 3. The lowest BCUT2D eigenvalue weighted by molar-refractivity contribution is -0.126. The molecule has 0 radical (unpaired) electrons. The van der Waals surface area contributed by atoms with Crippen LogP contribution in [0.25, 0.3) is 0 Å². The number of piperidine rings is 1. The van der Waals surface area contributed by atoms with Crippen molar-refractivity contribution in [1.29, 1.82) is 0 Å². The third-order valence-corrected chi connectivity index (χ3v) is 7.26. The Bertz CT molecular complexity index is 873. The monoisotopic (exact) mass is 481 g/mol. The van der Waals surface area contributed by atoms with Crippen molar-refractivity contribution in [3.8, 4) is 5.75 Å². The molecular formula is C20H30ClF2N3O4S. The second-order valence-corrected chi connectivity index (χ2v) is 11.1. The molecule has 1 aliphatic heterocycles. The number of amides is 1. The Morgan fingerprint density at radius 3 is 2.45 bits per heavy atom. The number of carbonyl (C=O) groups is 1. The van der Waals surface area contributed by atoms with E-state index in [0.29, 0.717) is 19.4 Å². The summed E-state index contributed by atoms with van der Waals surface area (Å²) < 4.78 is 56.0. The van der Waals surface area contributed by atoms with Crippen molar-refractivity contribution in [2.45, 2.75) is 38.2 Å². The van der Waals surface area contributed by atoms with E-state index >= 15 is 0 Å². The number of carbonyl (C=O) groups excluding carboxylic acids is 1. The molecule has 0 aromatic heterocycles. The molecule has 0 saturated carbocycles. The minimum absolute atomic E-state index is 0.0691. The van der Waals surface area contributed by atoms with E-state index in [4.69, 9.17) is 11.6 Å². The molecule has 0 bridgehead atoms. The zero-order chi connectivity index (χ0) is 23.4. The first kappa shape index (κ1) is 25.8. The molecule has 0 spiro atoms. The van der Waals surface area contributed by atoms with Crippen LogP contribution in [-0.2, 0) is 14.8 Å². The van der Waals surface area contributed by atoms with Gasteiger partial charge in [-0.25, -0.2) is 8.42 Å². The number of hydrogen-bond acceptors (Lipinski definition) is 5. The number of sulfonamides is 1. The van der Waals surface area contributed by atoms with Crippen molar-refractivity contribution in [1.82, 2.24) is 14.5 Å². The molecule has 31 heavy (non-hydrogen) atoms. The van der Waals surface area contributed by atoms with Crippen LogP contribution in [0.4, 0.5) is 8.78 Å². The molecule has 1 aliphatic rings. The lowest BCUT2D eigenvalue weighted by Crippen LogP contribution is -2.45. The Balaban J connectivity index is 1.95. The van der Waals surface area contributed by atoms with E-state index in [1.54, 1.807) is 0 Å². The van der Waals surface area contributed by atoms with Gasteiger partial charge in [-0.1, -0.05) is 25.4 Å². The molecular weight excluding hydrogens is 452 g/mol. The Labute approximate surface area is 187 Å². The molecule has 1 aromatic carbocycles. The van der Waals surface area contributed by atoms with E-state index in [2.05, 4.69) is 28.8 Å². The fourth-order valence-electron chi connectivity index (χ4n) is 3.72. The third kappa shape index (κ3) is 7.27. The van der Waals surface area contributed by atoms with Crippen molar-refractivity contribution in [3.05, 3.63) is 23.2 Å². The van der Waals surface area contributed by atoms with E-state index < -0.39 is 16.6 Å². The first-order valence-electron chi connectivity index (χ1n) is 9.99. The first-order valence-corrected chi connectivity index (χ1v) is 11.8. The molecule has 0 aliphatic carbocycles. The van der Waals surface area contributed by atoms with Crippen LogP contribution in [-0.4, -0.2) is 70.4 Å². The van der Waals surface area contributed by atoms with Gasteiger partial charge < -0.3 is 15.0 Å².